The van der Waals surface area contributed by atoms with Crippen LogP contribution in [-0.2, 0) is 0 Å². The van der Waals surface area contributed by atoms with Crippen LogP contribution >= 0.6 is 12.4 Å². The Balaban J connectivity index is 0. The maximum Gasteiger partial charge on any atom is -0.00187 e. The number of hydrogen-bond acceptors (Lipinski definition) is 1. The molecule has 0 amide bonds. The van der Waals surface area contributed by atoms with Crippen molar-refractivity contribution in [2.45, 2.75) is 97.8 Å². The summed E-state index contributed by atoms with van der Waals surface area (Å²) < 4.78 is 0. The van der Waals surface area contributed by atoms with Gasteiger partial charge in [-0.2, -0.15) is 0 Å². The Hall–Kier alpha value is 0.250. The van der Waals surface area contributed by atoms with Crippen LogP contribution in [0.25, 0.3) is 0 Å². The summed E-state index contributed by atoms with van der Waals surface area (Å²) in [4.78, 5) is 2.64. The molecule has 0 saturated heterocycles. The van der Waals surface area contributed by atoms with E-state index in [-0.39, 0.29) is 12.4 Å². The summed E-state index contributed by atoms with van der Waals surface area (Å²) >= 11 is 0. The maximum absolute atomic E-state index is 2.64. The standard InChI is InChI=1S/C18H39N.ClH/c1-4-7-8-9-10-11-12-13-14-15-18-19(16-5-2)17-6-3;/h4-18H2,1-3H3;1H. The molecule has 0 N–H and O–H groups in total. The predicted molar refractivity (Wildman–Crippen MR) is 96.1 cm³/mol. The number of hydrogen-bond donors (Lipinski definition) is 0. The molecular weight excluding hydrogens is 266 g/mol. The number of unbranched alkanes of at least 4 members (excludes halogenated alkanes) is 9. The summed E-state index contributed by atoms with van der Waals surface area (Å²) in [7, 11) is 0. The molecule has 0 saturated carbocycles. The molecule has 1 nitrogen and oxygen atoms in total. The van der Waals surface area contributed by atoms with Gasteiger partial charge in [-0.15, -0.1) is 12.4 Å². The first kappa shape index (κ1) is 22.5. The highest BCUT2D eigenvalue weighted by molar-refractivity contribution is 5.85. The highest BCUT2D eigenvalue weighted by Gasteiger charge is 2.01. The van der Waals surface area contributed by atoms with E-state index in [9.17, 15) is 0 Å². The average molecular weight is 306 g/mol. The highest BCUT2D eigenvalue weighted by Crippen LogP contribution is 2.10. The van der Waals surface area contributed by atoms with E-state index in [2.05, 4.69) is 25.7 Å². The largest absolute Gasteiger partial charge is 0.303 e. The Bertz CT molecular complexity index is 155. The molecule has 0 rings (SSSR count). The molecule has 0 atom stereocenters. The van der Waals surface area contributed by atoms with Crippen molar-refractivity contribution in [1.29, 1.82) is 0 Å². The third kappa shape index (κ3) is 16.3. The highest BCUT2D eigenvalue weighted by atomic mass is 35.5. The summed E-state index contributed by atoms with van der Waals surface area (Å²) in [6.45, 7) is 10.8. The Morgan fingerprint density at radius 1 is 0.450 bits per heavy atom. The Morgan fingerprint density at radius 3 is 1.25 bits per heavy atom. The zero-order chi connectivity index (χ0) is 14.2. The second kappa shape index (κ2) is 19.2. The topological polar surface area (TPSA) is 3.24 Å². The van der Waals surface area contributed by atoms with Gasteiger partial charge in [-0.05, 0) is 38.9 Å². The quantitative estimate of drug-likeness (QED) is 0.314. The summed E-state index contributed by atoms with van der Waals surface area (Å²) in [5.41, 5.74) is 0. The van der Waals surface area contributed by atoms with Crippen LogP contribution in [0.3, 0.4) is 0 Å². The van der Waals surface area contributed by atoms with E-state index in [1.165, 1.54) is 96.7 Å². The summed E-state index contributed by atoms with van der Waals surface area (Å²) in [5, 5.41) is 0. The molecule has 0 fully saturated rings. The summed E-state index contributed by atoms with van der Waals surface area (Å²) in [6.07, 6.45) is 17.1. The Morgan fingerprint density at radius 2 is 0.850 bits per heavy atom. The molecule has 0 bridgehead atoms. The van der Waals surface area contributed by atoms with E-state index in [4.69, 9.17) is 0 Å². The molecule has 2 heteroatoms. The monoisotopic (exact) mass is 305 g/mol. The summed E-state index contributed by atoms with van der Waals surface area (Å²) in [6, 6.07) is 0. The van der Waals surface area contributed by atoms with E-state index in [1.807, 2.05) is 0 Å². The average Bonchev–Trinajstić information content (AvgIpc) is 2.41. The van der Waals surface area contributed by atoms with Crippen LogP contribution in [0, 0.1) is 0 Å². The van der Waals surface area contributed by atoms with E-state index in [0.717, 1.165) is 0 Å². The van der Waals surface area contributed by atoms with Gasteiger partial charge in [0.2, 0.25) is 0 Å². The van der Waals surface area contributed by atoms with Crippen LogP contribution in [0.2, 0.25) is 0 Å². The SMILES string of the molecule is CCCCCCCCCCCCN(CCC)CCC.Cl. The third-order valence-corrected chi connectivity index (χ3v) is 3.91. The normalized spacial score (nSPS) is 10.8. The minimum Gasteiger partial charge on any atom is -0.303 e. The zero-order valence-corrected chi connectivity index (χ0v) is 15.3. The third-order valence-electron chi connectivity index (χ3n) is 3.91. The molecule has 0 aromatic carbocycles. The van der Waals surface area contributed by atoms with Crippen LogP contribution in [0.5, 0.6) is 0 Å². The number of rotatable bonds is 15. The molecule has 0 aliphatic carbocycles. The maximum atomic E-state index is 2.64. The van der Waals surface area contributed by atoms with E-state index in [1.54, 1.807) is 0 Å². The van der Waals surface area contributed by atoms with Crippen molar-refractivity contribution < 1.29 is 0 Å². The number of nitrogens with zero attached hydrogens (tertiary/aromatic N) is 1. The molecule has 20 heavy (non-hydrogen) atoms. The first-order valence-electron chi connectivity index (χ1n) is 9.07. The van der Waals surface area contributed by atoms with Gasteiger partial charge in [0.1, 0.15) is 0 Å². The molecular formula is C18H40ClN. The van der Waals surface area contributed by atoms with Gasteiger partial charge in [0.25, 0.3) is 0 Å². The van der Waals surface area contributed by atoms with Crippen molar-refractivity contribution in [2.24, 2.45) is 0 Å². The molecule has 0 radical (unpaired) electrons. The Labute approximate surface area is 135 Å². The lowest BCUT2D eigenvalue weighted by Gasteiger charge is -2.20. The molecule has 0 aromatic heterocycles. The fourth-order valence-electron chi connectivity index (χ4n) is 2.79. The van der Waals surface area contributed by atoms with Crippen molar-refractivity contribution in [3.05, 3.63) is 0 Å². The lowest BCUT2D eigenvalue weighted by Crippen LogP contribution is -2.26. The predicted octanol–water partition coefficient (Wildman–Crippen LogP) is 6.45. The van der Waals surface area contributed by atoms with Crippen molar-refractivity contribution in [2.75, 3.05) is 19.6 Å². The lowest BCUT2D eigenvalue weighted by molar-refractivity contribution is 0.267. The lowest BCUT2D eigenvalue weighted by atomic mass is 10.1. The van der Waals surface area contributed by atoms with Crippen LogP contribution in [0.1, 0.15) is 97.8 Å². The van der Waals surface area contributed by atoms with E-state index >= 15 is 0 Å². The van der Waals surface area contributed by atoms with Gasteiger partial charge in [-0.25, -0.2) is 0 Å². The van der Waals surface area contributed by atoms with Crippen LogP contribution in [-0.4, -0.2) is 24.5 Å². The zero-order valence-electron chi connectivity index (χ0n) is 14.5. The van der Waals surface area contributed by atoms with Gasteiger partial charge >= 0.3 is 0 Å². The van der Waals surface area contributed by atoms with Gasteiger partial charge < -0.3 is 4.90 Å². The summed E-state index contributed by atoms with van der Waals surface area (Å²) in [5.74, 6) is 0. The smallest absolute Gasteiger partial charge is 0.00187 e. The van der Waals surface area contributed by atoms with Gasteiger partial charge in [0.05, 0.1) is 0 Å². The van der Waals surface area contributed by atoms with Crippen LogP contribution in [0.15, 0.2) is 0 Å². The molecule has 0 aliphatic heterocycles. The number of halogens is 1. The van der Waals surface area contributed by atoms with Crippen molar-refractivity contribution >= 4 is 12.4 Å². The van der Waals surface area contributed by atoms with E-state index < -0.39 is 0 Å². The molecule has 0 spiro atoms. The second-order valence-electron chi connectivity index (χ2n) is 6.02. The minimum absolute atomic E-state index is 0. The van der Waals surface area contributed by atoms with Crippen molar-refractivity contribution in [3.63, 3.8) is 0 Å². The molecule has 124 valence electrons. The minimum atomic E-state index is 0. The van der Waals surface area contributed by atoms with Crippen LogP contribution < -0.4 is 0 Å². The molecule has 0 unspecified atom stereocenters. The van der Waals surface area contributed by atoms with Gasteiger partial charge in [0.15, 0.2) is 0 Å². The molecule has 0 aromatic rings. The van der Waals surface area contributed by atoms with Gasteiger partial charge in [-0.1, -0.05) is 78.6 Å². The molecule has 0 heterocycles. The van der Waals surface area contributed by atoms with Gasteiger partial charge in [0, 0.05) is 0 Å². The first-order chi connectivity index (χ1) is 9.35. The second-order valence-corrected chi connectivity index (χ2v) is 6.02. The van der Waals surface area contributed by atoms with Gasteiger partial charge in [-0.3, -0.25) is 0 Å². The van der Waals surface area contributed by atoms with E-state index in [0.29, 0.717) is 0 Å². The van der Waals surface area contributed by atoms with Crippen molar-refractivity contribution in [1.82, 2.24) is 4.90 Å². The van der Waals surface area contributed by atoms with Crippen molar-refractivity contribution in [3.8, 4) is 0 Å². The first-order valence-corrected chi connectivity index (χ1v) is 9.07. The van der Waals surface area contributed by atoms with Crippen LogP contribution in [0.4, 0.5) is 0 Å². The Kier molecular flexibility index (Phi) is 21.7. The fourth-order valence-corrected chi connectivity index (χ4v) is 2.79. The molecule has 0 aliphatic rings. The fraction of sp³-hybridized carbons (Fsp3) is 1.00.